The number of methoxy groups -OCH3 is 1. The van der Waals surface area contributed by atoms with Crippen molar-refractivity contribution >= 4 is 5.91 Å². The molecule has 1 amide bonds. The fourth-order valence-electron chi connectivity index (χ4n) is 1.32. The molecule has 90 valence electrons. The van der Waals surface area contributed by atoms with Gasteiger partial charge >= 0.3 is 0 Å². The Morgan fingerprint density at radius 3 is 2.53 bits per heavy atom. The van der Waals surface area contributed by atoms with Crippen LogP contribution in [0.15, 0.2) is 0 Å². The van der Waals surface area contributed by atoms with Crippen LogP contribution in [0.3, 0.4) is 0 Å². The number of hydrogen-bond donors (Lipinski definition) is 2. The summed E-state index contributed by atoms with van der Waals surface area (Å²) in [7, 11) is 1.63. The molecule has 0 aliphatic heterocycles. The monoisotopic (exact) mass is 216 g/mol. The summed E-state index contributed by atoms with van der Waals surface area (Å²) in [6.45, 7) is 5.32. The second-order valence-electron chi connectivity index (χ2n) is 4.23. The van der Waals surface area contributed by atoms with Gasteiger partial charge in [0.2, 0.25) is 5.91 Å². The third-order valence-corrected chi connectivity index (χ3v) is 2.20. The quantitative estimate of drug-likeness (QED) is 0.633. The molecule has 4 heteroatoms. The molecule has 0 aliphatic carbocycles. The largest absolute Gasteiger partial charge is 0.383 e. The van der Waals surface area contributed by atoms with E-state index < -0.39 is 0 Å². The van der Waals surface area contributed by atoms with Crippen LogP contribution in [0, 0.1) is 5.92 Å². The standard InChI is InChI=1S/C11H24N2O2/c1-9(2)4-5-11(14)13-10(6-7-12)8-15-3/h9-10H,4-8,12H2,1-3H3,(H,13,14). The van der Waals surface area contributed by atoms with E-state index in [0.29, 0.717) is 25.5 Å². The van der Waals surface area contributed by atoms with Crippen LogP contribution in [0.2, 0.25) is 0 Å². The summed E-state index contributed by atoms with van der Waals surface area (Å²) in [6, 6.07) is 0.0552. The Morgan fingerprint density at radius 1 is 1.40 bits per heavy atom. The van der Waals surface area contributed by atoms with Crippen molar-refractivity contribution in [2.24, 2.45) is 11.7 Å². The maximum Gasteiger partial charge on any atom is 0.220 e. The number of rotatable bonds is 8. The smallest absolute Gasteiger partial charge is 0.220 e. The Hall–Kier alpha value is -0.610. The van der Waals surface area contributed by atoms with E-state index in [1.54, 1.807) is 7.11 Å². The van der Waals surface area contributed by atoms with Gasteiger partial charge in [0.05, 0.1) is 12.6 Å². The Morgan fingerprint density at radius 2 is 2.07 bits per heavy atom. The summed E-state index contributed by atoms with van der Waals surface area (Å²) in [5, 5.41) is 2.93. The van der Waals surface area contributed by atoms with Crippen LogP contribution in [-0.4, -0.2) is 32.2 Å². The van der Waals surface area contributed by atoms with Crippen molar-refractivity contribution in [2.45, 2.75) is 39.2 Å². The molecule has 1 atom stereocenters. The lowest BCUT2D eigenvalue weighted by molar-refractivity contribution is -0.122. The minimum atomic E-state index is 0.0552. The van der Waals surface area contributed by atoms with E-state index in [9.17, 15) is 4.79 Å². The number of nitrogens with one attached hydrogen (secondary N) is 1. The molecule has 0 fully saturated rings. The molecule has 4 nitrogen and oxygen atoms in total. The molecule has 0 aromatic heterocycles. The zero-order valence-corrected chi connectivity index (χ0v) is 10.1. The second-order valence-corrected chi connectivity index (χ2v) is 4.23. The molecule has 15 heavy (non-hydrogen) atoms. The van der Waals surface area contributed by atoms with E-state index in [0.717, 1.165) is 12.8 Å². The molecular weight excluding hydrogens is 192 g/mol. The first kappa shape index (κ1) is 14.4. The van der Waals surface area contributed by atoms with Crippen molar-refractivity contribution in [2.75, 3.05) is 20.3 Å². The summed E-state index contributed by atoms with van der Waals surface area (Å²) >= 11 is 0. The lowest BCUT2D eigenvalue weighted by atomic mass is 10.1. The average Bonchev–Trinajstić information content (AvgIpc) is 2.15. The van der Waals surface area contributed by atoms with Gasteiger partial charge in [-0.05, 0) is 25.3 Å². The zero-order chi connectivity index (χ0) is 11.7. The first-order chi connectivity index (χ1) is 7.10. The maximum atomic E-state index is 11.5. The van der Waals surface area contributed by atoms with E-state index in [-0.39, 0.29) is 11.9 Å². The summed E-state index contributed by atoms with van der Waals surface area (Å²) < 4.78 is 5.01. The van der Waals surface area contributed by atoms with Crippen LogP contribution in [0.5, 0.6) is 0 Å². The molecule has 0 saturated heterocycles. The summed E-state index contributed by atoms with van der Waals surface area (Å²) in [5.74, 6) is 0.658. The minimum absolute atomic E-state index is 0.0552. The Balaban J connectivity index is 3.77. The highest BCUT2D eigenvalue weighted by Gasteiger charge is 2.11. The molecule has 0 bridgehead atoms. The fraction of sp³-hybridized carbons (Fsp3) is 0.909. The van der Waals surface area contributed by atoms with E-state index in [4.69, 9.17) is 10.5 Å². The summed E-state index contributed by atoms with van der Waals surface area (Å²) in [4.78, 5) is 11.5. The average molecular weight is 216 g/mol. The third-order valence-electron chi connectivity index (χ3n) is 2.20. The van der Waals surface area contributed by atoms with Crippen molar-refractivity contribution < 1.29 is 9.53 Å². The van der Waals surface area contributed by atoms with Crippen molar-refractivity contribution in [3.05, 3.63) is 0 Å². The predicted molar refractivity (Wildman–Crippen MR) is 61.6 cm³/mol. The molecule has 1 unspecified atom stereocenters. The van der Waals surface area contributed by atoms with Gasteiger partial charge in [0.1, 0.15) is 0 Å². The van der Waals surface area contributed by atoms with Gasteiger partial charge in [-0.15, -0.1) is 0 Å². The lowest BCUT2D eigenvalue weighted by Crippen LogP contribution is -2.39. The minimum Gasteiger partial charge on any atom is -0.383 e. The van der Waals surface area contributed by atoms with Crippen LogP contribution in [0.4, 0.5) is 0 Å². The SMILES string of the molecule is COCC(CCN)NC(=O)CCC(C)C. The molecule has 0 radical (unpaired) electrons. The second kappa shape index (κ2) is 8.68. The Bertz CT molecular complexity index is 166. The van der Waals surface area contributed by atoms with Gasteiger partial charge in [0.15, 0.2) is 0 Å². The highest BCUT2D eigenvalue weighted by molar-refractivity contribution is 5.76. The van der Waals surface area contributed by atoms with Crippen LogP contribution >= 0.6 is 0 Å². The number of nitrogens with two attached hydrogens (primary N) is 1. The molecule has 0 aromatic rings. The van der Waals surface area contributed by atoms with Crippen LogP contribution in [0.25, 0.3) is 0 Å². The number of hydrogen-bond acceptors (Lipinski definition) is 3. The zero-order valence-electron chi connectivity index (χ0n) is 10.1. The van der Waals surface area contributed by atoms with Crippen molar-refractivity contribution in [3.63, 3.8) is 0 Å². The molecule has 0 saturated carbocycles. The van der Waals surface area contributed by atoms with Crippen LogP contribution < -0.4 is 11.1 Å². The lowest BCUT2D eigenvalue weighted by Gasteiger charge is -2.17. The fourth-order valence-corrected chi connectivity index (χ4v) is 1.32. The van der Waals surface area contributed by atoms with E-state index in [1.807, 2.05) is 0 Å². The first-order valence-corrected chi connectivity index (χ1v) is 5.58. The number of carbonyl (C=O) groups is 1. The van der Waals surface area contributed by atoms with E-state index in [2.05, 4.69) is 19.2 Å². The number of ether oxygens (including phenoxy) is 1. The summed E-state index contributed by atoms with van der Waals surface area (Å²) in [5.41, 5.74) is 5.45. The molecule has 0 rings (SSSR count). The van der Waals surface area contributed by atoms with E-state index >= 15 is 0 Å². The van der Waals surface area contributed by atoms with Gasteiger partial charge in [-0.1, -0.05) is 13.8 Å². The van der Waals surface area contributed by atoms with Gasteiger partial charge in [-0.2, -0.15) is 0 Å². The van der Waals surface area contributed by atoms with Crippen molar-refractivity contribution in [3.8, 4) is 0 Å². The predicted octanol–water partition coefficient (Wildman–Crippen LogP) is 0.903. The van der Waals surface area contributed by atoms with Crippen molar-refractivity contribution in [1.82, 2.24) is 5.32 Å². The number of carbonyl (C=O) groups excluding carboxylic acids is 1. The molecule has 3 N–H and O–H groups in total. The molecule has 0 spiro atoms. The third kappa shape index (κ3) is 8.39. The maximum absolute atomic E-state index is 11.5. The molecule has 0 heterocycles. The van der Waals surface area contributed by atoms with Crippen LogP contribution in [-0.2, 0) is 9.53 Å². The van der Waals surface area contributed by atoms with E-state index in [1.165, 1.54) is 0 Å². The van der Waals surface area contributed by atoms with Gasteiger partial charge in [-0.3, -0.25) is 4.79 Å². The van der Waals surface area contributed by atoms with Crippen molar-refractivity contribution in [1.29, 1.82) is 0 Å². The van der Waals surface area contributed by atoms with Gasteiger partial charge < -0.3 is 15.8 Å². The molecule has 0 aromatic carbocycles. The Kier molecular flexibility index (Phi) is 8.33. The summed E-state index contributed by atoms with van der Waals surface area (Å²) in [6.07, 6.45) is 2.28. The van der Waals surface area contributed by atoms with Gasteiger partial charge in [-0.25, -0.2) is 0 Å². The molecular formula is C11H24N2O2. The highest BCUT2D eigenvalue weighted by Crippen LogP contribution is 2.03. The normalized spacial score (nSPS) is 12.9. The Labute approximate surface area is 92.6 Å². The highest BCUT2D eigenvalue weighted by atomic mass is 16.5. The van der Waals surface area contributed by atoms with Gasteiger partial charge in [0.25, 0.3) is 0 Å². The first-order valence-electron chi connectivity index (χ1n) is 5.58. The number of amides is 1. The molecule has 0 aliphatic rings. The topological polar surface area (TPSA) is 64.3 Å². The van der Waals surface area contributed by atoms with Gasteiger partial charge in [0, 0.05) is 13.5 Å². The van der Waals surface area contributed by atoms with Crippen LogP contribution in [0.1, 0.15) is 33.1 Å².